The lowest BCUT2D eigenvalue weighted by Gasteiger charge is -2.27. The Labute approximate surface area is 204 Å². The van der Waals surface area contributed by atoms with E-state index >= 15 is 0 Å². The number of aliphatic hydroxyl groups is 2. The summed E-state index contributed by atoms with van der Waals surface area (Å²) in [5.41, 5.74) is 3.17. The molecule has 1 heterocycles. The summed E-state index contributed by atoms with van der Waals surface area (Å²) in [5.74, 6) is 1.49. The highest BCUT2D eigenvalue weighted by molar-refractivity contribution is 6.18. The third kappa shape index (κ3) is 6.68. The second-order valence-corrected chi connectivity index (χ2v) is 9.09. The standard InChI is InChI=1S/C25H31ClFN3O4/c1-17-10-19(6-9-24(17)34-15-21(31)11-26)25(2,3)18-4-7-23(8-5-18)33-16-22(32)14-30-13-20(12-27)28-29-30/h4-10,13,21-22,31-32H,11-12,14-16H2,1-3H3/t21-,22-/m0/s1/i27-1. The minimum Gasteiger partial charge on any atom is -0.491 e. The van der Waals surface area contributed by atoms with Gasteiger partial charge in [-0.25, -0.2) is 9.07 Å². The summed E-state index contributed by atoms with van der Waals surface area (Å²) in [5, 5.41) is 27.2. The number of rotatable bonds is 12. The van der Waals surface area contributed by atoms with Gasteiger partial charge in [0.15, 0.2) is 0 Å². The zero-order valence-corrected chi connectivity index (χ0v) is 20.4. The van der Waals surface area contributed by atoms with E-state index in [0.29, 0.717) is 5.75 Å². The van der Waals surface area contributed by atoms with Gasteiger partial charge < -0.3 is 19.7 Å². The molecular formula is C25H31ClFN3O4. The van der Waals surface area contributed by atoms with Crippen molar-refractivity contribution in [1.29, 1.82) is 0 Å². The average Bonchev–Trinajstić information content (AvgIpc) is 3.29. The summed E-state index contributed by atoms with van der Waals surface area (Å²) in [6.45, 7) is 5.97. The molecule has 0 radical (unpaired) electrons. The molecule has 0 aliphatic heterocycles. The Balaban J connectivity index is 1.59. The van der Waals surface area contributed by atoms with Gasteiger partial charge in [-0.15, -0.1) is 16.7 Å². The molecule has 0 bridgehead atoms. The first-order valence-corrected chi connectivity index (χ1v) is 11.6. The molecular weight excluding hydrogens is 460 g/mol. The van der Waals surface area contributed by atoms with Crippen LogP contribution in [0.4, 0.5) is 4.39 Å². The van der Waals surface area contributed by atoms with Crippen LogP contribution in [0.2, 0.25) is 0 Å². The fourth-order valence-electron chi connectivity index (χ4n) is 3.52. The zero-order chi connectivity index (χ0) is 24.7. The number of benzene rings is 2. The van der Waals surface area contributed by atoms with Gasteiger partial charge in [-0.2, -0.15) is 0 Å². The van der Waals surface area contributed by atoms with Crippen LogP contribution in [0.25, 0.3) is 0 Å². The molecule has 1 aromatic heterocycles. The zero-order valence-electron chi connectivity index (χ0n) is 19.6. The Morgan fingerprint density at radius 3 is 2.32 bits per heavy atom. The lowest BCUT2D eigenvalue weighted by molar-refractivity contribution is 0.0888. The second-order valence-electron chi connectivity index (χ2n) is 8.78. The monoisotopic (exact) mass is 490 g/mol. The molecule has 9 heteroatoms. The molecule has 2 atom stereocenters. The maximum absolute atomic E-state index is 12.6. The summed E-state index contributed by atoms with van der Waals surface area (Å²) in [4.78, 5) is 0. The van der Waals surface area contributed by atoms with Crippen LogP contribution in [0.3, 0.4) is 0 Å². The fourth-order valence-corrected chi connectivity index (χ4v) is 3.60. The van der Waals surface area contributed by atoms with Gasteiger partial charge in [0, 0.05) is 5.41 Å². The van der Waals surface area contributed by atoms with E-state index in [4.69, 9.17) is 21.1 Å². The van der Waals surface area contributed by atoms with Gasteiger partial charge in [-0.05, 0) is 41.8 Å². The molecule has 34 heavy (non-hydrogen) atoms. The van der Waals surface area contributed by atoms with E-state index in [1.54, 1.807) is 0 Å². The fraction of sp³-hybridized carbons (Fsp3) is 0.440. The van der Waals surface area contributed by atoms with Crippen molar-refractivity contribution in [1.82, 2.24) is 15.0 Å². The summed E-state index contributed by atoms with van der Waals surface area (Å²) >= 11 is 5.63. The van der Waals surface area contributed by atoms with Gasteiger partial charge in [0.1, 0.15) is 49.3 Å². The smallest absolute Gasteiger partial charge is 0.135 e. The number of aliphatic hydroxyl groups excluding tert-OH is 2. The summed E-state index contributed by atoms with van der Waals surface area (Å²) in [6, 6.07) is 13.8. The number of alkyl halides is 2. The van der Waals surface area contributed by atoms with E-state index in [-0.39, 0.29) is 36.7 Å². The predicted molar refractivity (Wildman–Crippen MR) is 128 cm³/mol. The highest BCUT2D eigenvalue weighted by Gasteiger charge is 2.24. The van der Waals surface area contributed by atoms with Gasteiger partial charge in [-0.1, -0.05) is 43.3 Å². The molecule has 0 spiro atoms. The molecule has 7 nitrogen and oxygen atoms in total. The maximum Gasteiger partial charge on any atom is 0.135 e. The van der Waals surface area contributed by atoms with Crippen molar-refractivity contribution in [2.45, 2.75) is 51.6 Å². The van der Waals surface area contributed by atoms with E-state index in [1.165, 1.54) is 10.9 Å². The second kappa shape index (κ2) is 11.6. The van der Waals surface area contributed by atoms with Crippen molar-refractivity contribution in [3.63, 3.8) is 0 Å². The van der Waals surface area contributed by atoms with Crippen molar-refractivity contribution in [2.75, 3.05) is 19.1 Å². The van der Waals surface area contributed by atoms with Crippen molar-refractivity contribution >= 4 is 11.6 Å². The van der Waals surface area contributed by atoms with Crippen molar-refractivity contribution < 1.29 is 24.1 Å². The molecule has 2 N–H and O–H groups in total. The predicted octanol–water partition coefficient (Wildman–Crippen LogP) is 3.80. The van der Waals surface area contributed by atoms with Crippen LogP contribution in [0.1, 0.15) is 36.2 Å². The molecule has 184 valence electrons. The number of aryl methyl sites for hydroxylation is 1. The number of hydrogen-bond donors (Lipinski definition) is 2. The van der Waals surface area contributed by atoms with Gasteiger partial charge in [0.2, 0.25) is 0 Å². The van der Waals surface area contributed by atoms with Crippen LogP contribution in [0.5, 0.6) is 11.5 Å². The molecule has 3 aromatic rings. The summed E-state index contributed by atoms with van der Waals surface area (Å²) in [7, 11) is 0. The third-order valence-electron chi connectivity index (χ3n) is 5.65. The van der Waals surface area contributed by atoms with E-state index in [2.05, 4.69) is 30.2 Å². The van der Waals surface area contributed by atoms with E-state index in [1.807, 2.05) is 43.3 Å². The van der Waals surface area contributed by atoms with Crippen molar-refractivity contribution in [3.05, 3.63) is 71.0 Å². The molecule has 0 aliphatic rings. The van der Waals surface area contributed by atoms with E-state index in [0.717, 1.165) is 22.4 Å². The van der Waals surface area contributed by atoms with Crippen LogP contribution in [0.15, 0.2) is 48.7 Å². The van der Waals surface area contributed by atoms with Crippen molar-refractivity contribution in [3.8, 4) is 11.5 Å². The lowest BCUT2D eigenvalue weighted by atomic mass is 9.77. The Bertz CT molecular complexity index is 1060. The average molecular weight is 491 g/mol. The topological polar surface area (TPSA) is 89.6 Å². The van der Waals surface area contributed by atoms with Gasteiger partial charge in [0.25, 0.3) is 0 Å². The van der Waals surface area contributed by atoms with E-state index in [9.17, 15) is 14.6 Å². The number of nitrogens with zero attached hydrogens (tertiary/aromatic N) is 3. The Hall–Kier alpha value is -2.68. The molecule has 0 aliphatic carbocycles. The first-order valence-electron chi connectivity index (χ1n) is 11.1. The third-order valence-corrected chi connectivity index (χ3v) is 6.00. The molecule has 0 saturated carbocycles. The first kappa shape index (κ1) is 25.9. The van der Waals surface area contributed by atoms with Crippen LogP contribution >= 0.6 is 11.6 Å². The van der Waals surface area contributed by atoms with Crippen LogP contribution in [-0.2, 0) is 18.6 Å². The van der Waals surface area contributed by atoms with Crippen LogP contribution < -0.4 is 9.47 Å². The normalized spacial score (nSPS) is 13.5. The minimum absolute atomic E-state index is 0.0760. The maximum atomic E-state index is 12.6. The lowest BCUT2D eigenvalue weighted by Crippen LogP contribution is -2.24. The number of ether oxygens (including phenoxy) is 2. The highest BCUT2D eigenvalue weighted by atomic mass is 35.5. The highest BCUT2D eigenvalue weighted by Crippen LogP contribution is 2.34. The Morgan fingerprint density at radius 2 is 1.71 bits per heavy atom. The van der Waals surface area contributed by atoms with Gasteiger partial charge in [-0.3, -0.25) is 0 Å². The number of aromatic nitrogens is 3. The number of halogens is 2. The molecule has 0 unspecified atom stereocenters. The largest absolute Gasteiger partial charge is 0.491 e. The summed E-state index contributed by atoms with van der Waals surface area (Å²) < 4.78 is 25.3. The van der Waals surface area contributed by atoms with Gasteiger partial charge >= 0.3 is 0 Å². The van der Waals surface area contributed by atoms with E-state index < -0.39 is 18.9 Å². The van der Waals surface area contributed by atoms with Gasteiger partial charge in [0.05, 0.1) is 18.6 Å². The quantitative estimate of drug-likeness (QED) is 0.375. The Kier molecular flexibility index (Phi) is 8.88. The summed E-state index contributed by atoms with van der Waals surface area (Å²) in [6.07, 6.45) is -0.0423. The molecule has 0 fully saturated rings. The molecule has 0 saturated heterocycles. The molecule has 2 aromatic carbocycles. The minimum atomic E-state index is -0.806. The molecule has 3 rings (SSSR count). The van der Waals surface area contributed by atoms with Crippen molar-refractivity contribution in [2.24, 2.45) is 0 Å². The SMILES string of the molecule is Cc1cc(C(C)(C)c2ccc(OC[C@@H](O)Cn3cc(C[18F])nn3)cc2)ccc1OC[C@@H](O)CCl. The number of hydrogen-bond acceptors (Lipinski definition) is 6. The first-order chi connectivity index (χ1) is 16.2. The molecule has 0 amide bonds. The Morgan fingerprint density at radius 1 is 1.03 bits per heavy atom. The van der Waals surface area contributed by atoms with Crippen LogP contribution in [-0.4, -0.2) is 56.5 Å². The van der Waals surface area contributed by atoms with Crippen LogP contribution in [0, 0.1) is 6.92 Å².